The molecule has 122 valence electrons. The van der Waals surface area contributed by atoms with E-state index in [1.807, 2.05) is 24.8 Å². The molecule has 0 saturated carbocycles. The molecule has 1 spiro atoms. The Morgan fingerprint density at radius 1 is 1.41 bits per heavy atom. The summed E-state index contributed by atoms with van der Waals surface area (Å²) < 4.78 is 16.5. The van der Waals surface area contributed by atoms with Crippen molar-refractivity contribution in [3.8, 4) is 0 Å². The van der Waals surface area contributed by atoms with E-state index < -0.39 is 0 Å². The van der Waals surface area contributed by atoms with E-state index in [0.717, 1.165) is 44.7 Å². The van der Waals surface area contributed by atoms with Crippen molar-refractivity contribution in [3.05, 3.63) is 23.2 Å². The summed E-state index contributed by atoms with van der Waals surface area (Å²) in [5, 5.41) is 0. The van der Waals surface area contributed by atoms with Crippen molar-refractivity contribution in [2.45, 2.75) is 39.2 Å². The van der Waals surface area contributed by atoms with Crippen LogP contribution in [-0.4, -0.2) is 50.3 Å². The number of rotatable bonds is 3. The molecule has 5 heteroatoms. The van der Waals surface area contributed by atoms with E-state index in [4.69, 9.17) is 13.9 Å². The molecule has 0 radical (unpaired) electrons. The molecular weight excluding hydrogens is 282 g/mol. The van der Waals surface area contributed by atoms with E-state index in [1.54, 1.807) is 7.11 Å². The molecule has 2 saturated heterocycles. The fraction of sp³-hybridized carbons (Fsp3) is 0.706. The number of piperidine rings is 1. The zero-order chi connectivity index (χ0) is 15.7. The van der Waals surface area contributed by atoms with Gasteiger partial charge in [-0.15, -0.1) is 0 Å². The number of aryl methyl sites for hydroxylation is 2. The van der Waals surface area contributed by atoms with Gasteiger partial charge < -0.3 is 18.8 Å². The summed E-state index contributed by atoms with van der Waals surface area (Å²) in [5.74, 6) is 1.60. The maximum atomic E-state index is 12.6. The normalized spacial score (nSPS) is 24.1. The Morgan fingerprint density at radius 3 is 2.73 bits per heavy atom. The van der Waals surface area contributed by atoms with Crippen LogP contribution in [0.3, 0.4) is 0 Å². The third-order valence-corrected chi connectivity index (χ3v) is 5.02. The van der Waals surface area contributed by atoms with Crippen molar-refractivity contribution in [2.75, 3.05) is 33.4 Å². The number of amides is 1. The molecule has 3 rings (SSSR count). The maximum absolute atomic E-state index is 12.6. The van der Waals surface area contributed by atoms with E-state index in [2.05, 4.69) is 0 Å². The highest BCUT2D eigenvalue weighted by Crippen LogP contribution is 2.42. The van der Waals surface area contributed by atoms with E-state index in [9.17, 15) is 4.79 Å². The largest absolute Gasteiger partial charge is 0.466 e. The molecule has 0 aliphatic carbocycles. The average Bonchev–Trinajstić information content (AvgIpc) is 3.03. The second kappa shape index (κ2) is 6.05. The quantitative estimate of drug-likeness (QED) is 0.861. The lowest BCUT2D eigenvalue weighted by Gasteiger charge is -2.38. The Morgan fingerprint density at radius 2 is 2.14 bits per heavy atom. The molecule has 1 aromatic rings. The van der Waals surface area contributed by atoms with Crippen molar-refractivity contribution in [1.82, 2.24) is 4.90 Å². The first-order valence-electron chi connectivity index (χ1n) is 8.00. The van der Waals surface area contributed by atoms with Crippen LogP contribution in [0, 0.1) is 19.3 Å². The van der Waals surface area contributed by atoms with Gasteiger partial charge in [0.25, 0.3) is 5.91 Å². The number of carbonyl (C=O) groups is 1. The summed E-state index contributed by atoms with van der Waals surface area (Å²) in [7, 11) is 1.71. The van der Waals surface area contributed by atoms with Gasteiger partial charge in [0.05, 0.1) is 24.9 Å². The van der Waals surface area contributed by atoms with Crippen LogP contribution in [0.15, 0.2) is 10.5 Å². The van der Waals surface area contributed by atoms with Gasteiger partial charge in [-0.2, -0.15) is 0 Å². The lowest BCUT2D eigenvalue weighted by molar-refractivity contribution is 0.0280. The van der Waals surface area contributed by atoms with Crippen LogP contribution < -0.4 is 0 Å². The Balaban J connectivity index is 1.60. The molecule has 2 fully saturated rings. The van der Waals surface area contributed by atoms with Gasteiger partial charge in [-0.1, -0.05) is 0 Å². The monoisotopic (exact) mass is 307 g/mol. The SMILES string of the molecule is COC[C@H]1CC2(CCN(C(=O)c3cc(C)oc3C)CC2)CO1. The van der Waals surface area contributed by atoms with Crippen molar-refractivity contribution in [1.29, 1.82) is 0 Å². The zero-order valence-electron chi connectivity index (χ0n) is 13.7. The first-order chi connectivity index (χ1) is 10.5. The van der Waals surface area contributed by atoms with E-state index in [-0.39, 0.29) is 17.4 Å². The molecule has 1 aromatic heterocycles. The third kappa shape index (κ3) is 2.92. The Labute approximate surface area is 131 Å². The molecule has 2 aliphatic heterocycles. The summed E-state index contributed by atoms with van der Waals surface area (Å²) in [6.07, 6.45) is 3.28. The predicted octanol–water partition coefficient (Wildman–Crippen LogP) is 2.55. The highest BCUT2D eigenvalue weighted by molar-refractivity contribution is 5.95. The summed E-state index contributed by atoms with van der Waals surface area (Å²) in [4.78, 5) is 14.6. The second-order valence-electron chi connectivity index (χ2n) is 6.71. The molecule has 5 nitrogen and oxygen atoms in total. The predicted molar refractivity (Wildman–Crippen MR) is 82.0 cm³/mol. The molecule has 3 heterocycles. The lowest BCUT2D eigenvalue weighted by atomic mass is 9.76. The molecule has 0 aromatic carbocycles. The minimum Gasteiger partial charge on any atom is -0.466 e. The third-order valence-electron chi connectivity index (χ3n) is 5.02. The van der Waals surface area contributed by atoms with Gasteiger partial charge in [0.15, 0.2) is 0 Å². The van der Waals surface area contributed by atoms with Crippen LogP contribution in [0.25, 0.3) is 0 Å². The van der Waals surface area contributed by atoms with Gasteiger partial charge in [0.1, 0.15) is 11.5 Å². The second-order valence-corrected chi connectivity index (χ2v) is 6.71. The van der Waals surface area contributed by atoms with Gasteiger partial charge in [0, 0.05) is 20.2 Å². The number of methoxy groups -OCH3 is 1. The maximum Gasteiger partial charge on any atom is 0.257 e. The van der Waals surface area contributed by atoms with E-state index in [1.165, 1.54) is 0 Å². The number of hydrogen-bond donors (Lipinski definition) is 0. The fourth-order valence-electron chi connectivity index (χ4n) is 3.73. The number of carbonyl (C=O) groups excluding carboxylic acids is 1. The lowest BCUT2D eigenvalue weighted by Crippen LogP contribution is -2.43. The Hall–Kier alpha value is -1.33. The molecular formula is C17H25NO4. The Kier molecular flexibility index (Phi) is 4.28. The van der Waals surface area contributed by atoms with E-state index in [0.29, 0.717) is 17.9 Å². The molecule has 22 heavy (non-hydrogen) atoms. The van der Waals surface area contributed by atoms with Gasteiger partial charge in [0.2, 0.25) is 0 Å². The number of hydrogen-bond acceptors (Lipinski definition) is 4. The first kappa shape index (κ1) is 15.6. The zero-order valence-corrected chi connectivity index (χ0v) is 13.7. The summed E-state index contributed by atoms with van der Waals surface area (Å²) >= 11 is 0. The highest BCUT2D eigenvalue weighted by Gasteiger charge is 2.43. The molecule has 1 atom stereocenters. The molecule has 1 amide bonds. The van der Waals surface area contributed by atoms with Crippen molar-refractivity contribution in [3.63, 3.8) is 0 Å². The minimum atomic E-state index is 0.0940. The number of likely N-dealkylation sites (tertiary alicyclic amines) is 1. The summed E-state index contributed by atoms with van der Waals surface area (Å²) in [6, 6.07) is 1.84. The number of nitrogens with zero attached hydrogens (tertiary/aromatic N) is 1. The van der Waals surface area contributed by atoms with E-state index >= 15 is 0 Å². The van der Waals surface area contributed by atoms with Crippen LogP contribution >= 0.6 is 0 Å². The van der Waals surface area contributed by atoms with Crippen LogP contribution in [-0.2, 0) is 9.47 Å². The number of furan rings is 1. The molecule has 0 unspecified atom stereocenters. The Bertz CT molecular complexity index is 543. The van der Waals surface area contributed by atoms with Crippen LogP contribution in [0.2, 0.25) is 0 Å². The molecule has 2 aliphatic rings. The summed E-state index contributed by atoms with van der Waals surface area (Å²) in [5.41, 5.74) is 0.940. The molecule has 0 bridgehead atoms. The van der Waals surface area contributed by atoms with Crippen LogP contribution in [0.5, 0.6) is 0 Å². The van der Waals surface area contributed by atoms with Crippen LogP contribution in [0.1, 0.15) is 41.1 Å². The highest BCUT2D eigenvalue weighted by atomic mass is 16.5. The average molecular weight is 307 g/mol. The topological polar surface area (TPSA) is 51.9 Å². The molecule has 0 N–H and O–H groups in total. The summed E-state index contributed by atoms with van der Waals surface area (Å²) in [6.45, 7) is 6.79. The smallest absolute Gasteiger partial charge is 0.257 e. The minimum absolute atomic E-state index is 0.0940. The fourth-order valence-corrected chi connectivity index (χ4v) is 3.73. The van der Waals surface area contributed by atoms with Crippen LogP contribution in [0.4, 0.5) is 0 Å². The van der Waals surface area contributed by atoms with Gasteiger partial charge in [-0.25, -0.2) is 0 Å². The van der Waals surface area contributed by atoms with Crippen molar-refractivity contribution in [2.24, 2.45) is 5.41 Å². The van der Waals surface area contributed by atoms with Crippen molar-refractivity contribution < 1.29 is 18.7 Å². The van der Waals surface area contributed by atoms with Crippen molar-refractivity contribution >= 4 is 5.91 Å². The van der Waals surface area contributed by atoms with Gasteiger partial charge in [-0.3, -0.25) is 4.79 Å². The standard InChI is InChI=1S/C17H25NO4/c1-12-8-15(13(2)22-12)16(19)18-6-4-17(5-7-18)9-14(10-20-3)21-11-17/h8,14H,4-7,9-11H2,1-3H3/t14-/m1/s1. The van der Waals surface area contributed by atoms with Gasteiger partial charge in [-0.05, 0) is 44.6 Å². The number of ether oxygens (including phenoxy) is 2. The first-order valence-corrected chi connectivity index (χ1v) is 8.00. The van der Waals surface area contributed by atoms with Gasteiger partial charge >= 0.3 is 0 Å².